The Kier molecular flexibility index (Phi) is 5.64. The van der Waals surface area contributed by atoms with E-state index in [0.29, 0.717) is 10.6 Å². The molecule has 1 aliphatic carbocycles. The van der Waals surface area contributed by atoms with Gasteiger partial charge in [-0.25, -0.2) is 9.18 Å². The molecule has 26 heavy (non-hydrogen) atoms. The molecule has 1 heterocycles. The molecule has 3 rings (SSSR count). The van der Waals surface area contributed by atoms with E-state index in [9.17, 15) is 14.0 Å². The molecular weight excluding hydrogens is 355 g/mol. The zero-order valence-electron chi connectivity index (χ0n) is 14.0. The largest absolute Gasteiger partial charge is 0.451 e. The van der Waals surface area contributed by atoms with Gasteiger partial charge in [0.05, 0.1) is 12.5 Å². The summed E-state index contributed by atoms with van der Waals surface area (Å²) < 4.78 is 18.2. The number of esters is 1. The van der Waals surface area contributed by atoms with Crippen LogP contribution in [-0.4, -0.2) is 25.0 Å². The Morgan fingerprint density at radius 2 is 2.04 bits per heavy atom. The smallest absolute Gasteiger partial charge is 0.348 e. The number of hydrogen-bond acceptors (Lipinski definition) is 5. The number of carbonyl (C=O) groups excluding carboxylic acids is 2. The summed E-state index contributed by atoms with van der Waals surface area (Å²) in [5.74, 6) is -1.39. The third-order valence-electron chi connectivity index (χ3n) is 4.16. The second kappa shape index (κ2) is 8.11. The molecule has 0 saturated heterocycles. The monoisotopic (exact) mass is 372 g/mol. The first-order chi connectivity index (χ1) is 12.6. The van der Waals surface area contributed by atoms with E-state index in [-0.39, 0.29) is 13.0 Å². The lowest BCUT2D eigenvalue weighted by atomic mass is 10.2. The first kappa shape index (κ1) is 18.1. The molecule has 0 aliphatic heterocycles. The van der Waals surface area contributed by atoms with Crippen molar-refractivity contribution in [2.75, 3.05) is 18.1 Å². The Balaban J connectivity index is 1.64. The van der Waals surface area contributed by atoms with E-state index in [2.05, 4.69) is 0 Å². The van der Waals surface area contributed by atoms with Crippen LogP contribution in [0.5, 0.6) is 0 Å². The van der Waals surface area contributed by atoms with Crippen molar-refractivity contribution in [2.24, 2.45) is 0 Å². The van der Waals surface area contributed by atoms with Crippen molar-refractivity contribution < 1.29 is 18.7 Å². The van der Waals surface area contributed by atoms with Crippen LogP contribution in [0.15, 0.2) is 30.3 Å². The lowest BCUT2D eigenvalue weighted by Crippen LogP contribution is -2.35. The maximum Gasteiger partial charge on any atom is 0.348 e. The van der Waals surface area contributed by atoms with Crippen molar-refractivity contribution >= 4 is 28.9 Å². The van der Waals surface area contributed by atoms with Gasteiger partial charge in [0.1, 0.15) is 10.7 Å². The number of amides is 1. The Morgan fingerprint density at radius 1 is 1.27 bits per heavy atom. The SMILES string of the molecule is N#CCCN(C(=O)COC(=O)c1cc2c(s1)CCC2)c1ccc(F)cc1. The van der Waals surface area contributed by atoms with Crippen LogP contribution in [0.3, 0.4) is 0 Å². The third-order valence-corrected chi connectivity index (χ3v) is 5.38. The summed E-state index contributed by atoms with van der Waals surface area (Å²) in [6.07, 6.45) is 3.19. The number of carbonyl (C=O) groups is 2. The summed E-state index contributed by atoms with van der Waals surface area (Å²) in [5, 5.41) is 8.78. The van der Waals surface area contributed by atoms with E-state index in [0.717, 1.165) is 19.3 Å². The molecule has 0 bridgehead atoms. The molecule has 1 amide bonds. The van der Waals surface area contributed by atoms with Crippen LogP contribution in [-0.2, 0) is 22.4 Å². The second-order valence-electron chi connectivity index (χ2n) is 5.92. The zero-order valence-corrected chi connectivity index (χ0v) is 14.9. The van der Waals surface area contributed by atoms with Gasteiger partial charge in [-0.2, -0.15) is 5.26 Å². The number of aryl methyl sites for hydroxylation is 2. The summed E-state index contributed by atoms with van der Waals surface area (Å²) in [6, 6.07) is 9.20. The lowest BCUT2D eigenvalue weighted by Gasteiger charge is -2.21. The van der Waals surface area contributed by atoms with Crippen LogP contribution < -0.4 is 4.90 Å². The fourth-order valence-corrected chi connectivity index (χ4v) is 4.03. The normalized spacial score (nSPS) is 12.3. The van der Waals surface area contributed by atoms with E-state index in [1.54, 1.807) is 0 Å². The molecule has 134 valence electrons. The molecule has 0 atom stereocenters. The number of halogens is 1. The van der Waals surface area contributed by atoms with Crippen LogP contribution in [0, 0.1) is 17.1 Å². The number of ether oxygens (including phenoxy) is 1. The van der Waals surface area contributed by atoms with Gasteiger partial charge in [-0.05, 0) is 55.2 Å². The van der Waals surface area contributed by atoms with E-state index >= 15 is 0 Å². The van der Waals surface area contributed by atoms with Gasteiger partial charge in [-0.3, -0.25) is 4.79 Å². The summed E-state index contributed by atoms with van der Waals surface area (Å²) in [7, 11) is 0. The first-order valence-corrected chi connectivity index (χ1v) is 9.11. The predicted molar refractivity (Wildman–Crippen MR) is 95.6 cm³/mol. The van der Waals surface area contributed by atoms with E-state index in [4.69, 9.17) is 10.00 Å². The number of hydrogen-bond donors (Lipinski definition) is 0. The van der Waals surface area contributed by atoms with Crippen LogP contribution >= 0.6 is 11.3 Å². The summed E-state index contributed by atoms with van der Waals surface area (Å²) in [6.45, 7) is -0.282. The molecule has 5 nitrogen and oxygen atoms in total. The molecule has 0 saturated carbocycles. The minimum atomic E-state index is -0.517. The Morgan fingerprint density at radius 3 is 2.73 bits per heavy atom. The quantitative estimate of drug-likeness (QED) is 0.728. The van der Waals surface area contributed by atoms with Crippen LogP contribution in [0.1, 0.15) is 33.0 Å². The molecule has 7 heteroatoms. The average molecular weight is 372 g/mol. The number of thiophene rings is 1. The highest BCUT2D eigenvalue weighted by Gasteiger charge is 2.22. The lowest BCUT2D eigenvalue weighted by molar-refractivity contribution is -0.121. The Bertz CT molecular complexity index is 833. The Hall–Kier alpha value is -2.72. The molecule has 0 fully saturated rings. The number of benzene rings is 1. The molecule has 1 aromatic carbocycles. The van der Waals surface area contributed by atoms with Gasteiger partial charge in [0, 0.05) is 17.1 Å². The van der Waals surface area contributed by atoms with Crippen molar-refractivity contribution in [3.05, 3.63) is 51.5 Å². The first-order valence-electron chi connectivity index (χ1n) is 8.30. The van der Waals surface area contributed by atoms with Crippen molar-refractivity contribution in [1.29, 1.82) is 5.26 Å². The molecule has 0 N–H and O–H groups in total. The average Bonchev–Trinajstić information content (AvgIpc) is 3.23. The highest BCUT2D eigenvalue weighted by molar-refractivity contribution is 7.14. The van der Waals surface area contributed by atoms with Crippen LogP contribution in [0.25, 0.3) is 0 Å². The second-order valence-corrected chi connectivity index (χ2v) is 7.06. The van der Waals surface area contributed by atoms with Crippen molar-refractivity contribution in [2.45, 2.75) is 25.7 Å². The minimum absolute atomic E-state index is 0.120. The molecule has 1 aromatic heterocycles. The summed E-state index contributed by atoms with van der Waals surface area (Å²) >= 11 is 1.42. The fourth-order valence-electron chi connectivity index (χ4n) is 2.89. The number of anilines is 1. The Labute approximate surface area is 154 Å². The van der Waals surface area contributed by atoms with E-state index < -0.39 is 24.3 Å². The van der Waals surface area contributed by atoms with E-state index in [1.165, 1.54) is 50.9 Å². The molecule has 0 spiro atoms. The van der Waals surface area contributed by atoms with E-state index in [1.807, 2.05) is 12.1 Å². The molecule has 2 aromatic rings. The summed E-state index contributed by atoms with van der Waals surface area (Å²) in [5.41, 5.74) is 1.65. The van der Waals surface area contributed by atoms with Gasteiger partial charge >= 0.3 is 5.97 Å². The van der Waals surface area contributed by atoms with Gasteiger partial charge in [0.25, 0.3) is 5.91 Å². The van der Waals surface area contributed by atoms with Gasteiger partial charge in [0.15, 0.2) is 6.61 Å². The van der Waals surface area contributed by atoms with Crippen LogP contribution in [0.2, 0.25) is 0 Å². The zero-order chi connectivity index (χ0) is 18.5. The van der Waals surface area contributed by atoms with Gasteiger partial charge in [0.2, 0.25) is 0 Å². The predicted octanol–water partition coefficient (Wildman–Crippen LogP) is 3.48. The fraction of sp³-hybridized carbons (Fsp3) is 0.316. The van der Waals surface area contributed by atoms with Gasteiger partial charge < -0.3 is 9.64 Å². The molecule has 0 unspecified atom stereocenters. The highest BCUT2D eigenvalue weighted by atomic mass is 32.1. The maximum absolute atomic E-state index is 13.1. The van der Waals surface area contributed by atoms with Crippen molar-refractivity contribution in [1.82, 2.24) is 0 Å². The standard InChI is InChI=1S/C19H17FN2O3S/c20-14-5-7-15(8-6-14)22(10-2-9-21)18(23)12-25-19(24)17-11-13-3-1-4-16(13)26-17/h5-8,11H,1-4,10,12H2. The van der Waals surface area contributed by atoms with Crippen LogP contribution in [0.4, 0.5) is 10.1 Å². The van der Waals surface area contributed by atoms with Crippen molar-refractivity contribution in [3.8, 4) is 6.07 Å². The molecule has 0 radical (unpaired) electrons. The molecule has 1 aliphatic rings. The number of rotatable bonds is 6. The highest BCUT2D eigenvalue weighted by Crippen LogP contribution is 2.31. The topological polar surface area (TPSA) is 70.4 Å². The number of nitriles is 1. The molecular formula is C19H17FN2O3S. The maximum atomic E-state index is 13.1. The number of nitrogens with zero attached hydrogens (tertiary/aromatic N) is 2. The van der Waals surface area contributed by atoms with Gasteiger partial charge in [-0.15, -0.1) is 11.3 Å². The van der Waals surface area contributed by atoms with Crippen molar-refractivity contribution in [3.63, 3.8) is 0 Å². The summed E-state index contributed by atoms with van der Waals surface area (Å²) in [4.78, 5) is 27.7. The van der Waals surface area contributed by atoms with Gasteiger partial charge in [-0.1, -0.05) is 0 Å². The third kappa shape index (κ3) is 4.09. The number of fused-ring (bicyclic) bond motifs is 1. The minimum Gasteiger partial charge on any atom is -0.451 e.